The van der Waals surface area contributed by atoms with Gasteiger partial charge in [-0.3, -0.25) is 4.79 Å². The minimum Gasteiger partial charge on any atom is -0.368 e. The third-order valence-electron chi connectivity index (χ3n) is 5.36. The molecule has 0 saturated carbocycles. The van der Waals surface area contributed by atoms with Crippen LogP contribution in [0.3, 0.4) is 0 Å². The van der Waals surface area contributed by atoms with Crippen LogP contribution >= 0.6 is 11.8 Å². The van der Waals surface area contributed by atoms with Gasteiger partial charge in [0.15, 0.2) is 11.6 Å². The molecule has 2 fully saturated rings. The van der Waals surface area contributed by atoms with Crippen molar-refractivity contribution in [3.63, 3.8) is 0 Å². The minimum absolute atomic E-state index is 0.186. The maximum absolute atomic E-state index is 13.7. The van der Waals surface area contributed by atoms with E-state index in [0.29, 0.717) is 35.0 Å². The number of carbonyl (C=O) groups excluding carboxylic acids is 1. The molecule has 2 saturated heterocycles. The third-order valence-corrected chi connectivity index (χ3v) is 6.35. The molecule has 2 aliphatic rings. The smallest absolute Gasteiger partial charge is 0.264 e. The van der Waals surface area contributed by atoms with E-state index in [0.717, 1.165) is 36.5 Å². The summed E-state index contributed by atoms with van der Waals surface area (Å²) in [6, 6.07) is 12.4. The number of halogens is 2. The van der Waals surface area contributed by atoms with E-state index in [4.69, 9.17) is 0 Å². The van der Waals surface area contributed by atoms with Gasteiger partial charge in [0, 0.05) is 54.9 Å². The van der Waals surface area contributed by atoms with Crippen molar-refractivity contribution in [1.29, 1.82) is 0 Å². The number of thioether (sulfide) groups is 1. The Balaban J connectivity index is 1.63. The van der Waals surface area contributed by atoms with E-state index >= 15 is 0 Å². The van der Waals surface area contributed by atoms with Gasteiger partial charge >= 0.3 is 0 Å². The molecule has 0 aliphatic carbocycles. The van der Waals surface area contributed by atoms with Crippen LogP contribution < -0.4 is 15.1 Å². The molecule has 0 radical (unpaired) electrons. The second-order valence-electron chi connectivity index (χ2n) is 7.84. The second kappa shape index (κ2) is 8.78. The molecule has 2 heterocycles. The number of rotatable bonds is 3. The predicted molar refractivity (Wildman–Crippen MR) is 120 cm³/mol. The highest BCUT2D eigenvalue weighted by Gasteiger charge is 2.27. The third kappa shape index (κ3) is 4.37. The number of anilines is 2. The van der Waals surface area contributed by atoms with Crippen LogP contribution in [-0.2, 0) is 4.79 Å². The molecule has 2 unspecified atom stereocenters. The van der Waals surface area contributed by atoms with Crippen LogP contribution in [0.2, 0.25) is 0 Å². The van der Waals surface area contributed by atoms with Crippen LogP contribution in [-0.4, -0.2) is 43.4 Å². The molecule has 4 rings (SSSR count). The molecule has 0 bridgehead atoms. The van der Waals surface area contributed by atoms with Crippen molar-refractivity contribution in [2.75, 3.05) is 35.2 Å². The SMILES string of the molecule is CC1CN(c2ccccc2/C=C2/SCCN(c3ccc(F)c(F)c3)C2=O)CC(C)N1. The van der Waals surface area contributed by atoms with Gasteiger partial charge in [-0.25, -0.2) is 8.78 Å². The molecule has 4 nitrogen and oxygen atoms in total. The van der Waals surface area contributed by atoms with Gasteiger partial charge in [0.1, 0.15) is 0 Å². The fraction of sp³-hybridized carbons (Fsp3) is 0.348. The Labute approximate surface area is 179 Å². The number of piperazine rings is 1. The summed E-state index contributed by atoms with van der Waals surface area (Å²) in [5, 5.41) is 3.54. The first-order valence-corrected chi connectivity index (χ1v) is 11.1. The molecule has 2 atom stereocenters. The van der Waals surface area contributed by atoms with Crippen molar-refractivity contribution in [1.82, 2.24) is 5.32 Å². The van der Waals surface area contributed by atoms with Crippen LogP contribution in [0.5, 0.6) is 0 Å². The van der Waals surface area contributed by atoms with Crippen LogP contribution in [0.1, 0.15) is 19.4 Å². The Hall–Kier alpha value is -2.38. The minimum atomic E-state index is -0.948. The number of carbonyl (C=O) groups is 1. The molecule has 1 N–H and O–H groups in total. The lowest BCUT2D eigenvalue weighted by Gasteiger charge is -2.38. The van der Waals surface area contributed by atoms with Crippen LogP contribution in [0.25, 0.3) is 6.08 Å². The van der Waals surface area contributed by atoms with E-state index in [1.807, 2.05) is 24.3 Å². The molecule has 0 spiro atoms. The molecular formula is C23H25F2N3OS. The van der Waals surface area contributed by atoms with Crippen molar-refractivity contribution >= 4 is 35.1 Å². The molecule has 2 aliphatic heterocycles. The van der Waals surface area contributed by atoms with E-state index in [1.54, 1.807) is 0 Å². The van der Waals surface area contributed by atoms with Gasteiger partial charge in [-0.2, -0.15) is 0 Å². The van der Waals surface area contributed by atoms with E-state index in [1.165, 1.54) is 22.7 Å². The molecule has 158 valence electrons. The number of hydrogen-bond acceptors (Lipinski definition) is 4. The summed E-state index contributed by atoms with van der Waals surface area (Å²) in [4.78, 5) is 17.6. The molecule has 0 aromatic heterocycles. The number of nitrogens with zero attached hydrogens (tertiary/aromatic N) is 2. The van der Waals surface area contributed by atoms with Gasteiger partial charge < -0.3 is 15.1 Å². The maximum atomic E-state index is 13.7. The molecular weight excluding hydrogens is 404 g/mol. The Morgan fingerprint density at radius 2 is 1.80 bits per heavy atom. The standard InChI is InChI=1S/C23H25F2N3OS/c1-15-13-27(14-16(2)26-15)21-6-4-3-5-17(21)11-22-23(29)28(9-10-30-22)18-7-8-19(24)20(25)12-18/h3-8,11-12,15-16,26H,9-10,13-14H2,1-2H3/b22-11+. The highest BCUT2D eigenvalue weighted by molar-refractivity contribution is 8.04. The zero-order valence-corrected chi connectivity index (χ0v) is 17.9. The molecule has 30 heavy (non-hydrogen) atoms. The quantitative estimate of drug-likeness (QED) is 0.739. The lowest BCUT2D eigenvalue weighted by molar-refractivity contribution is -0.114. The summed E-state index contributed by atoms with van der Waals surface area (Å²) in [6.07, 6.45) is 1.92. The summed E-state index contributed by atoms with van der Waals surface area (Å²) < 4.78 is 27.0. The van der Waals surface area contributed by atoms with E-state index in [2.05, 4.69) is 30.1 Å². The van der Waals surface area contributed by atoms with Crippen molar-refractivity contribution in [3.05, 3.63) is 64.6 Å². The van der Waals surface area contributed by atoms with Gasteiger partial charge in [-0.15, -0.1) is 11.8 Å². The second-order valence-corrected chi connectivity index (χ2v) is 8.98. The van der Waals surface area contributed by atoms with E-state index < -0.39 is 11.6 Å². The Kier molecular flexibility index (Phi) is 6.11. The Morgan fingerprint density at radius 3 is 2.53 bits per heavy atom. The zero-order valence-electron chi connectivity index (χ0n) is 17.1. The Bertz CT molecular complexity index is 971. The largest absolute Gasteiger partial charge is 0.368 e. The van der Waals surface area contributed by atoms with E-state index in [9.17, 15) is 13.6 Å². The first-order valence-electron chi connectivity index (χ1n) is 10.1. The molecule has 2 aromatic rings. The molecule has 7 heteroatoms. The Morgan fingerprint density at radius 1 is 1.07 bits per heavy atom. The highest BCUT2D eigenvalue weighted by Crippen LogP contribution is 2.33. The number of benzene rings is 2. The summed E-state index contributed by atoms with van der Waals surface area (Å²) in [6.45, 7) is 6.59. The number of para-hydroxylation sites is 1. The zero-order chi connectivity index (χ0) is 21.3. The fourth-order valence-electron chi connectivity index (χ4n) is 4.11. The van der Waals surface area contributed by atoms with Crippen LogP contribution in [0.15, 0.2) is 47.4 Å². The fourth-order valence-corrected chi connectivity index (χ4v) is 5.05. The summed E-state index contributed by atoms with van der Waals surface area (Å²) in [5.41, 5.74) is 2.47. The average Bonchev–Trinajstić information content (AvgIpc) is 2.71. The monoisotopic (exact) mass is 429 g/mol. The summed E-state index contributed by atoms with van der Waals surface area (Å²) in [7, 11) is 0. The predicted octanol–water partition coefficient (Wildman–Crippen LogP) is 4.27. The maximum Gasteiger partial charge on any atom is 0.264 e. The number of hydrogen-bond donors (Lipinski definition) is 1. The summed E-state index contributed by atoms with van der Waals surface area (Å²) >= 11 is 1.50. The van der Waals surface area contributed by atoms with Gasteiger partial charge in [0.25, 0.3) is 5.91 Å². The van der Waals surface area contributed by atoms with Crippen molar-refractivity contribution in [2.24, 2.45) is 0 Å². The lowest BCUT2D eigenvalue weighted by Crippen LogP contribution is -2.54. The highest BCUT2D eigenvalue weighted by atomic mass is 32.2. The molecule has 1 amide bonds. The van der Waals surface area contributed by atoms with Crippen molar-refractivity contribution in [3.8, 4) is 0 Å². The van der Waals surface area contributed by atoms with Crippen LogP contribution in [0, 0.1) is 11.6 Å². The van der Waals surface area contributed by atoms with Gasteiger partial charge in [-0.05, 0) is 43.7 Å². The average molecular weight is 430 g/mol. The van der Waals surface area contributed by atoms with Crippen LogP contribution in [0.4, 0.5) is 20.2 Å². The van der Waals surface area contributed by atoms with Gasteiger partial charge in [0.2, 0.25) is 0 Å². The van der Waals surface area contributed by atoms with Crippen molar-refractivity contribution in [2.45, 2.75) is 25.9 Å². The van der Waals surface area contributed by atoms with Crippen molar-refractivity contribution < 1.29 is 13.6 Å². The number of nitrogens with one attached hydrogen (secondary N) is 1. The molecule has 2 aromatic carbocycles. The van der Waals surface area contributed by atoms with E-state index in [-0.39, 0.29) is 5.91 Å². The first kappa shape index (κ1) is 20.9. The summed E-state index contributed by atoms with van der Waals surface area (Å²) in [5.74, 6) is -1.35. The topological polar surface area (TPSA) is 35.6 Å². The van der Waals surface area contributed by atoms with Gasteiger partial charge in [0.05, 0.1) is 4.91 Å². The number of amides is 1. The lowest BCUT2D eigenvalue weighted by atomic mass is 10.1. The normalized spacial score (nSPS) is 23.9. The first-order chi connectivity index (χ1) is 14.4. The van der Waals surface area contributed by atoms with Gasteiger partial charge in [-0.1, -0.05) is 18.2 Å².